The van der Waals surface area contributed by atoms with Gasteiger partial charge in [0, 0.05) is 19.2 Å². The maximum atomic E-state index is 12.3. The summed E-state index contributed by atoms with van der Waals surface area (Å²) in [5.74, 6) is -0.155. The molecule has 0 radical (unpaired) electrons. The summed E-state index contributed by atoms with van der Waals surface area (Å²) in [4.78, 5) is 26.4. The van der Waals surface area contributed by atoms with Crippen molar-refractivity contribution in [2.24, 2.45) is 5.92 Å². The van der Waals surface area contributed by atoms with E-state index in [1.807, 2.05) is 17.5 Å². The van der Waals surface area contributed by atoms with E-state index in [1.54, 1.807) is 11.0 Å². The third-order valence-corrected chi connectivity index (χ3v) is 4.39. The Kier molecular flexibility index (Phi) is 3.74. The van der Waals surface area contributed by atoms with Crippen LogP contribution in [0.25, 0.3) is 10.6 Å². The Labute approximate surface area is 125 Å². The highest BCUT2D eigenvalue weighted by Gasteiger charge is 2.33. The molecular weight excluding hydrogens is 292 g/mol. The lowest BCUT2D eigenvalue weighted by Crippen LogP contribution is -2.30. The van der Waals surface area contributed by atoms with Crippen molar-refractivity contribution >= 4 is 23.2 Å². The minimum atomic E-state index is -0.273. The molecule has 6 nitrogen and oxygen atoms in total. The van der Waals surface area contributed by atoms with Crippen LogP contribution in [0.4, 0.5) is 0 Å². The van der Waals surface area contributed by atoms with E-state index in [9.17, 15) is 9.59 Å². The summed E-state index contributed by atoms with van der Waals surface area (Å²) in [6.07, 6.45) is 0.619. The van der Waals surface area contributed by atoms with E-state index in [4.69, 9.17) is 9.26 Å². The zero-order valence-electron chi connectivity index (χ0n) is 11.4. The fraction of sp³-hybridized carbons (Fsp3) is 0.357. The van der Waals surface area contributed by atoms with Crippen LogP contribution >= 0.6 is 11.3 Å². The largest absolute Gasteiger partial charge is 0.469 e. The SMILES string of the molecule is COC(=O)C1CCN(C(=O)c2cc(-c3cccs3)on2)C1. The summed E-state index contributed by atoms with van der Waals surface area (Å²) < 4.78 is 9.92. The molecule has 1 unspecified atom stereocenters. The zero-order chi connectivity index (χ0) is 14.8. The fourth-order valence-corrected chi connectivity index (χ4v) is 3.05. The summed E-state index contributed by atoms with van der Waals surface area (Å²) in [5.41, 5.74) is 0.268. The number of hydrogen-bond donors (Lipinski definition) is 0. The van der Waals surface area contributed by atoms with Crippen LogP contribution in [0, 0.1) is 5.92 Å². The summed E-state index contributed by atoms with van der Waals surface area (Å²) in [6, 6.07) is 5.45. The molecule has 3 heterocycles. The fourth-order valence-electron chi connectivity index (χ4n) is 2.38. The molecule has 1 aliphatic rings. The van der Waals surface area contributed by atoms with Gasteiger partial charge in [0.1, 0.15) is 0 Å². The second kappa shape index (κ2) is 5.69. The number of rotatable bonds is 3. The van der Waals surface area contributed by atoms with Gasteiger partial charge in [-0.05, 0) is 17.9 Å². The lowest BCUT2D eigenvalue weighted by atomic mass is 10.1. The smallest absolute Gasteiger partial charge is 0.310 e. The molecule has 0 spiro atoms. The molecule has 0 saturated carbocycles. The molecule has 1 atom stereocenters. The first-order chi connectivity index (χ1) is 10.2. The first-order valence-electron chi connectivity index (χ1n) is 6.56. The first kappa shape index (κ1) is 13.8. The minimum Gasteiger partial charge on any atom is -0.469 e. The van der Waals surface area contributed by atoms with Crippen LogP contribution in [0.5, 0.6) is 0 Å². The molecule has 7 heteroatoms. The highest BCUT2D eigenvalue weighted by Crippen LogP contribution is 2.26. The van der Waals surface area contributed by atoms with Crippen LogP contribution in [-0.2, 0) is 9.53 Å². The molecular formula is C14H14N2O4S. The van der Waals surface area contributed by atoms with E-state index < -0.39 is 0 Å². The maximum absolute atomic E-state index is 12.3. The lowest BCUT2D eigenvalue weighted by Gasteiger charge is -2.13. The summed E-state index contributed by atoms with van der Waals surface area (Å²) in [7, 11) is 1.36. The minimum absolute atomic E-state index is 0.215. The van der Waals surface area contributed by atoms with Crippen molar-refractivity contribution in [3.63, 3.8) is 0 Å². The van der Waals surface area contributed by atoms with Crippen molar-refractivity contribution in [2.75, 3.05) is 20.2 Å². The Morgan fingerprint density at radius 3 is 3.10 bits per heavy atom. The summed E-state index contributed by atoms with van der Waals surface area (Å²) in [6.45, 7) is 0.895. The number of esters is 1. The Balaban J connectivity index is 1.70. The normalized spacial score (nSPS) is 18.0. The van der Waals surface area contributed by atoms with E-state index in [2.05, 4.69) is 5.16 Å². The van der Waals surface area contributed by atoms with Crippen LogP contribution in [0.15, 0.2) is 28.1 Å². The molecule has 0 aromatic carbocycles. The summed E-state index contributed by atoms with van der Waals surface area (Å²) >= 11 is 1.52. The van der Waals surface area contributed by atoms with E-state index >= 15 is 0 Å². The molecule has 1 fully saturated rings. The van der Waals surface area contributed by atoms with Crippen LogP contribution in [0.3, 0.4) is 0 Å². The molecule has 21 heavy (non-hydrogen) atoms. The van der Waals surface area contributed by atoms with Gasteiger partial charge in [0.15, 0.2) is 11.5 Å². The van der Waals surface area contributed by atoms with Gasteiger partial charge in [0.05, 0.1) is 17.9 Å². The second-order valence-electron chi connectivity index (χ2n) is 4.81. The van der Waals surface area contributed by atoms with E-state index in [0.717, 1.165) is 4.88 Å². The monoisotopic (exact) mass is 306 g/mol. The predicted molar refractivity (Wildman–Crippen MR) is 75.8 cm³/mol. The molecule has 1 amide bonds. The van der Waals surface area contributed by atoms with Crippen LogP contribution in [0.1, 0.15) is 16.9 Å². The number of likely N-dealkylation sites (tertiary alicyclic amines) is 1. The molecule has 3 rings (SSSR count). The molecule has 1 saturated heterocycles. The Morgan fingerprint density at radius 1 is 1.52 bits per heavy atom. The van der Waals surface area contributed by atoms with Gasteiger partial charge in [-0.1, -0.05) is 11.2 Å². The number of thiophene rings is 1. The predicted octanol–water partition coefficient (Wildman–Crippen LogP) is 2.04. The molecule has 1 aliphatic heterocycles. The first-order valence-corrected chi connectivity index (χ1v) is 7.44. The Bertz CT molecular complexity index is 650. The van der Waals surface area contributed by atoms with Gasteiger partial charge in [-0.15, -0.1) is 11.3 Å². The van der Waals surface area contributed by atoms with Gasteiger partial charge >= 0.3 is 5.97 Å². The van der Waals surface area contributed by atoms with Crippen molar-refractivity contribution in [3.8, 4) is 10.6 Å². The molecule has 110 valence electrons. The third-order valence-electron chi connectivity index (χ3n) is 3.50. The van der Waals surface area contributed by atoms with Crippen molar-refractivity contribution in [2.45, 2.75) is 6.42 Å². The molecule has 0 bridgehead atoms. The second-order valence-corrected chi connectivity index (χ2v) is 5.76. The quantitative estimate of drug-likeness (QED) is 0.811. The van der Waals surface area contributed by atoms with Gasteiger partial charge in [0.25, 0.3) is 5.91 Å². The van der Waals surface area contributed by atoms with E-state index in [1.165, 1.54) is 18.4 Å². The number of ether oxygens (including phenoxy) is 1. The Morgan fingerprint density at radius 2 is 2.38 bits per heavy atom. The van der Waals surface area contributed by atoms with Crippen molar-refractivity contribution in [1.29, 1.82) is 0 Å². The standard InChI is InChI=1S/C14H14N2O4S/c1-19-14(18)9-4-5-16(8-9)13(17)10-7-11(20-15-10)12-3-2-6-21-12/h2-3,6-7,9H,4-5,8H2,1H3. The molecule has 0 aliphatic carbocycles. The third kappa shape index (κ3) is 2.69. The van der Waals surface area contributed by atoms with Crippen LogP contribution < -0.4 is 0 Å². The number of carbonyl (C=O) groups excluding carboxylic acids is 2. The van der Waals surface area contributed by atoms with Crippen LogP contribution in [-0.4, -0.2) is 42.1 Å². The molecule has 2 aromatic heterocycles. The molecule has 2 aromatic rings. The van der Waals surface area contributed by atoms with E-state index in [-0.39, 0.29) is 23.5 Å². The highest BCUT2D eigenvalue weighted by molar-refractivity contribution is 7.13. The number of amides is 1. The average Bonchev–Trinajstić information content (AvgIpc) is 3.25. The Hall–Kier alpha value is -2.15. The topological polar surface area (TPSA) is 72.6 Å². The van der Waals surface area contributed by atoms with Crippen molar-refractivity contribution < 1.29 is 18.8 Å². The van der Waals surface area contributed by atoms with Gasteiger partial charge in [-0.3, -0.25) is 9.59 Å². The van der Waals surface area contributed by atoms with Crippen molar-refractivity contribution in [1.82, 2.24) is 10.1 Å². The van der Waals surface area contributed by atoms with Gasteiger partial charge in [-0.25, -0.2) is 0 Å². The highest BCUT2D eigenvalue weighted by atomic mass is 32.1. The van der Waals surface area contributed by atoms with Gasteiger partial charge in [-0.2, -0.15) is 0 Å². The van der Waals surface area contributed by atoms with Crippen molar-refractivity contribution in [3.05, 3.63) is 29.3 Å². The van der Waals surface area contributed by atoms with Gasteiger partial charge < -0.3 is 14.2 Å². The number of hydrogen-bond acceptors (Lipinski definition) is 6. The van der Waals surface area contributed by atoms with Gasteiger partial charge in [0.2, 0.25) is 0 Å². The molecule has 0 N–H and O–H groups in total. The average molecular weight is 306 g/mol. The number of nitrogens with zero attached hydrogens (tertiary/aromatic N) is 2. The zero-order valence-corrected chi connectivity index (χ0v) is 12.3. The van der Waals surface area contributed by atoms with E-state index in [0.29, 0.717) is 25.3 Å². The maximum Gasteiger partial charge on any atom is 0.310 e. The summed E-state index contributed by atoms with van der Waals surface area (Å²) in [5, 5.41) is 5.76. The van der Waals surface area contributed by atoms with Crippen LogP contribution in [0.2, 0.25) is 0 Å². The number of aromatic nitrogens is 1. The lowest BCUT2D eigenvalue weighted by molar-refractivity contribution is -0.144. The number of carbonyl (C=O) groups is 2. The number of methoxy groups -OCH3 is 1.